The third kappa shape index (κ3) is 5.22. The van der Waals surface area contributed by atoms with Gasteiger partial charge in [0.2, 0.25) is 0 Å². The quantitative estimate of drug-likeness (QED) is 0.753. The lowest BCUT2D eigenvalue weighted by Crippen LogP contribution is -2.20. The summed E-state index contributed by atoms with van der Waals surface area (Å²) in [5.41, 5.74) is 1.82. The number of pyridine rings is 1. The third-order valence-electron chi connectivity index (χ3n) is 3.17. The first-order chi connectivity index (χ1) is 10.8. The van der Waals surface area contributed by atoms with Crippen LogP contribution in [0.2, 0.25) is 5.15 Å². The van der Waals surface area contributed by atoms with Crippen LogP contribution in [0, 0.1) is 0 Å². The SMILES string of the molecule is CC(C)(C)c1ccc(OCC(=O)Nc2ccc(Cl)nc2)c(Br)c1. The molecule has 122 valence electrons. The number of amides is 1. The molecule has 1 heterocycles. The van der Waals surface area contributed by atoms with Gasteiger partial charge in [-0.2, -0.15) is 0 Å². The maximum atomic E-state index is 11.9. The molecule has 0 aliphatic heterocycles. The molecule has 0 aliphatic rings. The average Bonchev–Trinajstić information content (AvgIpc) is 2.47. The monoisotopic (exact) mass is 396 g/mol. The molecule has 2 aromatic rings. The van der Waals surface area contributed by atoms with Gasteiger partial charge in [0.25, 0.3) is 5.91 Å². The molecular weight excluding hydrogens is 380 g/mol. The molecule has 23 heavy (non-hydrogen) atoms. The van der Waals surface area contributed by atoms with Gasteiger partial charge >= 0.3 is 0 Å². The second-order valence-corrected chi connectivity index (χ2v) is 7.34. The zero-order chi connectivity index (χ0) is 17.0. The number of hydrogen-bond donors (Lipinski definition) is 1. The highest BCUT2D eigenvalue weighted by atomic mass is 79.9. The van der Waals surface area contributed by atoms with E-state index in [-0.39, 0.29) is 17.9 Å². The van der Waals surface area contributed by atoms with Gasteiger partial charge in [0.15, 0.2) is 6.61 Å². The van der Waals surface area contributed by atoms with E-state index in [4.69, 9.17) is 16.3 Å². The Labute approximate surface area is 149 Å². The van der Waals surface area contributed by atoms with Crippen LogP contribution >= 0.6 is 27.5 Å². The molecule has 0 aliphatic carbocycles. The molecule has 2 rings (SSSR count). The van der Waals surface area contributed by atoms with E-state index in [9.17, 15) is 4.79 Å². The van der Waals surface area contributed by atoms with Crippen molar-refractivity contribution in [2.75, 3.05) is 11.9 Å². The van der Waals surface area contributed by atoms with Gasteiger partial charge in [0.1, 0.15) is 10.9 Å². The number of benzene rings is 1. The first-order valence-electron chi connectivity index (χ1n) is 7.10. The zero-order valence-electron chi connectivity index (χ0n) is 13.2. The highest BCUT2D eigenvalue weighted by Gasteiger charge is 2.15. The van der Waals surface area contributed by atoms with Crippen LogP contribution in [0.1, 0.15) is 26.3 Å². The van der Waals surface area contributed by atoms with Crippen LogP contribution in [0.15, 0.2) is 41.0 Å². The van der Waals surface area contributed by atoms with Crippen molar-refractivity contribution in [1.29, 1.82) is 0 Å². The number of rotatable bonds is 4. The van der Waals surface area contributed by atoms with E-state index in [1.807, 2.05) is 18.2 Å². The Morgan fingerprint density at radius 1 is 1.30 bits per heavy atom. The molecule has 1 N–H and O–H groups in total. The lowest BCUT2D eigenvalue weighted by molar-refractivity contribution is -0.118. The second kappa shape index (κ2) is 7.32. The van der Waals surface area contributed by atoms with Crippen molar-refractivity contribution < 1.29 is 9.53 Å². The molecule has 0 unspecified atom stereocenters. The molecule has 0 saturated carbocycles. The minimum absolute atomic E-state index is 0.0556. The fourth-order valence-electron chi connectivity index (χ4n) is 1.87. The van der Waals surface area contributed by atoms with Crippen LogP contribution in [0.25, 0.3) is 0 Å². The van der Waals surface area contributed by atoms with Crippen LogP contribution < -0.4 is 10.1 Å². The van der Waals surface area contributed by atoms with Crippen molar-refractivity contribution >= 4 is 39.1 Å². The van der Waals surface area contributed by atoms with E-state index in [1.54, 1.807) is 12.1 Å². The van der Waals surface area contributed by atoms with Gasteiger partial charge < -0.3 is 10.1 Å². The van der Waals surface area contributed by atoms with E-state index in [0.29, 0.717) is 16.6 Å². The highest BCUT2D eigenvalue weighted by Crippen LogP contribution is 2.31. The molecule has 0 fully saturated rings. The van der Waals surface area contributed by atoms with Gasteiger partial charge in [-0.05, 0) is 51.2 Å². The fraction of sp³-hybridized carbons (Fsp3) is 0.294. The Bertz CT molecular complexity index is 697. The van der Waals surface area contributed by atoms with E-state index in [2.05, 4.69) is 47.0 Å². The number of carbonyl (C=O) groups excluding carboxylic acids is 1. The number of nitrogens with zero attached hydrogens (tertiary/aromatic N) is 1. The maximum absolute atomic E-state index is 11.9. The van der Waals surface area contributed by atoms with Gasteiger partial charge in [-0.25, -0.2) is 4.98 Å². The van der Waals surface area contributed by atoms with Crippen LogP contribution in [0.5, 0.6) is 5.75 Å². The predicted octanol–water partition coefficient (Wildman–Crippen LogP) is 4.81. The standard InChI is InChI=1S/C17H18BrClN2O2/c1-17(2,3)11-4-6-14(13(18)8-11)23-10-16(22)21-12-5-7-15(19)20-9-12/h4-9H,10H2,1-3H3,(H,21,22). The number of carbonyl (C=O) groups is 1. The summed E-state index contributed by atoms with van der Waals surface area (Å²) in [6, 6.07) is 9.17. The number of aromatic nitrogens is 1. The summed E-state index contributed by atoms with van der Waals surface area (Å²) in [7, 11) is 0. The number of halogens is 2. The zero-order valence-corrected chi connectivity index (χ0v) is 15.5. The van der Waals surface area contributed by atoms with E-state index >= 15 is 0 Å². The molecule has 1 amide bonds. The van der Waals surface area contributed by atoms with Gasteiger partial charge in [-0.15, -0.1) is 0 Å². The van der Waals surface area contributed by atoms with Crippen LogP contribution in [-0.2, 0) is 10.2 Å². The molecule has 6 heteroatoms. The summed E-state index contributed by atoms with van der Waals surface area (Å²) in [5.74, 6) is 0.364. The normalized spacial score (nSPS) is 11.2. The van der Waals surface area contributed by atoms with Crippen LogP contribution in [0.3, 0.4) is 0 Å². The first kappa shape index (κ1) is 17.8. The minimum Gasteiger partial charge on any atom is -0.483 e. The molecule has 1 aromatic carbocycles. The molecule has 0 saturated heterocycles. The van der Waals surface area contributed by atoms with Gasteiger partial charge in [-0.3, -0.25) is 4.79 Å². The lowest BCUT2D eigenvalue weighted by atomic mass is 9.87. The van der Waals surface area contributed by atoms with Crippen LogP contribution in [-0.4, -0.2) is 17.5 Å². The number of ether oxygens (including phenoxy) is 1. The van der Waals surface area contributed by atoms with Crippen LogP contribution in [0.4, 0.5) is 5.69 Å². The number of anilines is 1. The van der Waals surface area contributed by atoms with E-state index in [0.717, 1.165) is 4.47 Å². The Kier molecular flexibility index (Phi) is 5.65. The number of hydrogen-bond acceptors (Lipinski definition) is 3. The third-order valence-corrected chi connectivity index (χ3v) is 4.01. The first-order valence-corrected chi connectivity index (χ1v) is 8.27. The summed E-state index contributed by atoms with van der Waals surface area (Å²) < 4.78 is 6.38. The molecule has 1 aromatic heterocycles. The van der Waals surface area contributed by atoms with Crippen molar-refractivity contribution in [2.24, 2.45) is 0 Å². The smallest absolute Gasteiger partial charge is 0.262 e. The van der Waals surface area contributed by atoms with Crippen molar-refractivity contribution in [3.05, 3.63) is 51.7 Å². The summed E-state index contributed by atoms with van der Waals surface area (Å²) >= 11 is 9.18. The van der Waals surface area contributed by atoms with Crippen molar-refractivity contribution in [2.45, 2.75) is 26.2 Å². The maximum Gasteiger partial charge on any atom is 0.262 e. The number of nitrogens with one attached hydrogen (secondary N) is 1. The second-order valence-electron chi connectivity index (χ2n) is 6.10. The predicted molar refractivity (Wildman–Crippen MR) is 96.2 cm³/mol. The van der Waals surface area contributed by atoms with E-state index < -0.39 is 0 Å². The molecule has 0 bridgehead atoms. The fourth-order valence-corrected chi connectivity index (χ4v) is 2.48. The van der Waals surface area contributed by atoms with Gasteiger partial charge in [0, 0.05) is 0 Å². The molecule has 4 nitrogen and oxygen atoms in total. The largest absolute Gasteiger partial charge is 0.483 e. The van der Waals surface area contributed by atoms with Crippen molar-refractivity contribution in [3.63, 3.8) is 0 Å². The Hall–Kier alpha value is -1.59. The van der Waals surface area contributed by atoms with Crippen molar-refractivity contribution in [3.8, 4) is 5.75 Å². The summed E-state index contributed by atoms with van der Waals surface area (Å²) in [5, 5.41) is 3.07. The highest BCUT2D eigenvalue weighted by molar-refractivity contribution is 9.10. The molecule has 0 atom stereocenters. The average molecular weight is 398 g/mol. The molecule has 0 spiro atoms. The Morgan fingerprint density at radius 2 is 2.04 bits per heavy atom. The van der Waals surface area contributed by atoms with Gasteiger partial charge in [-0.1, -0.05) is 38.4 Å². The minimum atomic E-state index is -0.263. The topological polar surface area (TPSA) is 51.2 Å². The van der Waals surface area contributed by atoms with Gasteiger partial charge in [0.05, 0.1) is 16.4 Å². The van der Waals surface area contributed by atoms with Crippen molar-refractivity contribution in [1.82, 2.24) is 4.98 Å². The lowest BCUT2D eigenvalue weighted by Gasteiger charge is -2.20. The Balaban J connectivity index is 1.95. The summed E-state index contributed by atoms with van der Waals surface area (Å²) in [6.45, 7) is 6.34. The van der Waals surface area contributed by atoms with E-state index in [1.165, 1.54) is 11.8 Å². The summed E-state index contributed by atoms with van der Waals surface area (Å²) in [4.78, 5) is 15.8. The summed E-state index contributed by atoms with van der Waals surface area (Å²) in [6.07, 6.45) is 1.49. The Morgan fingerprint density at radius 3 is 2.61 bits per heavy atom. The molecule has 0 radical (unpaired) electrons. The molecular formula is C17H18BrClN2O2.